The van der Waals surface area contributed by atoms with E-state index in [4.69, 9.17) is 4.74 Å². The van der Waals surface area contributed by atoms with Crippen LogP contribution in [0.5, 0.6) is 5.75 Å². The Morgan fingerprint density at radius 3 is 2.44 bits per heavy atom. The molecule has 0 heterocycles. The molecule has 0 saturated carbocycles. The predicted octanol–water partition coefficient (Wildman–Crippen LogP) is 4.99. The van der Waals surface area contributed by atoms with Crippen LogP contribution in [0.3, 0.4) is 0 Å². The molecule has 0 radical (unpaired) electrons. The second kappa shape index (κ2) is 7.67. The van der Waals surface area contributed by atoms with Gasteiger partial charge < -0.3 is 10.1 Å². The van der Waals surface area contributed by atoms with Gasteiger partial charge in [0.1, 0.15) is 5.75 Å². The van der Waals surface area contributed by atoms with Crippen molar-refractivity contribution >= 4 is 11.6 Å². The van der Waals surface area contributed by atoms with E-state index in [1.165, 1.54) is 0 Å². The smallest absolute Gasteiger partial charge is 0.262 e. The first-order chi connectivity index (χ1) is 12.1. The maximum atomic E-state index is 12.3. The van der Waals surface area contributed by atoms with Crippen molar-refractivity contribution in [2.75, 3.05) is 11.9 Å². The number of para-hydroxylation sites is 1. The van der Waals surface area contributed by atoms with Crippen LogP contribution in [0.15, 0.2) is 72.8 Å². The lowest BCUT2D eigenvalue weighted by molar-refractivity contribution is -0.118. The highest BCUT2D eigenvalue weighted by Gasteiger charge is 2.09. The van der Waals surface area contributed by atoms with E-state index in [1.807, 2.05) is 86.6 Å². The molecule has 0 fully saturated rings. The monoisotopic (exact) mass is 331 g/mol. The maximum absolute atomic E-state index is 12.3. The van der Waals surface area contributed by atoms with Gasteiger partial charge in [0.05, 0.1) is 0 Å². The lowest BCUT2D eigenvalue weighted by atomic mass is 10.0. The highest BCUT2D eigenvalue weighted by Crippen LogP contribution is 2.27. The zero-order valence-electron chi connectivity index (χ0n) is 14.5. The number of benzene rings is 3. The molecule has 3 nitrogen and oxygen atoms in total. The molecule has 0 atom stereocenters. The number of aryl methyl sites for hydroxylation is 2. The highest BCUT2D eigenvalue weighted by atomic mass is 16.5. The van der Waals surface area contributed by atoms with Crippen molar-refractivity contribution in [1.82, 2.24) is 0 Å². The van der Waals surface area contributed by atoms with Gasteiger partial charge >= 0.3 is 0 Å². The van der Waals surface area contributed by atoms with Crippen molar-refractivity contribution in [3.8, 4) is 16.9 Å². The topological polar surface area (TPSA) is 38.3 Å². The number of nitrogens with one attached hydrogen (secondary N) is 1. The van der Waals surface area contributed by atoms with Crippen LogP contribution in [0.1, 0.15) is 11.1 Å². The molecule has 3 rings (SSSR count). The van der Waals surface area contributed by atoms with E-state index in [9.17, 15) is 4.79 Å². The second-order valence-corrected chi connectivity index (χ2v) is 6.02. The molecule has 3 heteroatoms. The summed E-state index contributed by atoms with van der Waals surface area (Å²) in [5.74, 6) is 0.566. The van der Waals surface area contributed by atoms with E-state index in [2.05, 4.69) is 5.32 Å². The normalized spacial score (nSPS) is 10.3. The standard InChI is InChI=1S/C22H21NO2/c1-16-12-13-17(2)21(14-16)25-15-22(24)23-20-11-7-6-10-19(20)18-8-4-3-5-9-18/h3-14H,15H2,1-2H3,(H,23,24). The van der Waals surface area contributed by atoms with E-state index in [0.29, 0.717) is 0 Å². The van der Waals surface area contributed by atoms with Gasteiger partial charge in [0, 0.05) is 11.3 Å². The van der Waals surface area contributed by atoms with Gasteiger partial charge in [0.25, 0.3) is 5.91 Å². The SMILES string of the molecule is Cc1ccc(C)c(OCC(=O)Nc2ccccc2-c2ccccc2)c1. The molecule has 0 unspecified atom stereocenters. The molecular weight excluding hydrogens is 310 g/mol. The second-order valence-electron chi connectivity index (χ2n) is 6.02. The van der Waals surface area contributed by atoms with E-state index < -0.39 is 0 Å². The number of hydrogen-bond acceptors (Lipinski definition) is 2. The third kappa shape index (κ3) is 4.27. The average Bonchev–Trinajstić information content (AvgIpc) is 2.64. The van der Waals surface area contributed by atoms with E-state index in [1.54, 1.807) is 0 Å². The summed E-state index contributed by atoms with van der Waals surface area (Å²) in [6, 6.07) is 23.7. The van der Waals surface area contributed by atoms with Crippen LogP contribution in [0.4, 0.5) is 5.69 Å². The maximum Gasteiger partial charge on any atom is 0.262 e. The number of ether oxygens (including phenoxy) is 1. The fourth-order valence-electron chi connectivity index (χ4n) is 2.65. The molecule has 1 amide bonds. The van der Waals surface area contributed by atoms with Crippen molar-refractivity contribution in [3.05, 3.63) is 83.9 Å². The van der Waals surface area contributed by atoms with Crippen molar-refractivity contribution < 1.29 is 9.53 Å². The van der Waals surface area contributed by atoms with Gasteiger partial charge in [0.15, 0.2) is 6.61 Å². The first kappa shape index (κ1) is 16.8. The molecule has 126 valence electrons. The summed E-state index contributed by atoms with van der Waals surface area (Å²) in [5, 5.41) is 2.95. The fraction of sp³-hybridized carbons (Fsp3) is 0.136. The first-order valence-electron chi connectivity index (χ1n) is 8.28. The van der Waals surface area contributed by atoms with Crippen LogP contribution in [0.25, 0.3) is 11.1 Å². The summed E-state index contributed by atoms with van der Waals surface area (Å²) in [4.78, 5) is 12.3. The molecule has 0 aliphatic rings. The minimum Gasteiger partial charge on any atom is -0.483 e. The zero-order chi connectivity index (χ0) is 17.6. The Hall–Kier alpha value is -3.07. The zero-order valence-corrected chi connectivity index (χ0v) is 14.5. The van der Waals surface area contributed by atoms with Gasteiger partial charge in [-0.05, 0) is 42.7 Å². The average molecular weight is 331 g/mol. The van der Waals surface area contributed by atoms with Crippen LogP contribution in [-0.2, 0) is 4.79 Å². The number of rotatable bonds is 5. The molecule has 0 bridgehead atoms. The summed E-state index contributed by atoms with van der Waals surface area (Å²) in [5.41, 5.74) is 4.96. The number of anilines is 1. The van der Waals surface area contributed by atoms with E-state index in [-0.39, 0.29) is 12.5 Å². The molecule has 3 aromatic carbocycles. The lowest BCUT2D eigenvalue weighted by Crippen LogP contribution is -2.20. The van der Waals surface area contributed by atoms with Gasteiger partial charge in [-0.1, -0.05) is 60.7 Å². The van der Waals surface area contributed by atoms with Crippen LogP contribution >= 0.6 is 0 Å². The molecule has 25 heavy (non-hydrogen) atoms. The minimum absolute atomic E-state index is 0.0204. The van der Waals surface area contributed by atoms with Crippen molar-refractivity contribution in [2.45, 2.75) is 13.8 Å². The van der Waals surface area contributed by atoms with Gasteiger partial charge in [-0.3, -0.25) is 4.79 Å². The first-order valence-corrected chi connectivity index (χ1v) is 8.28. The summed E-state index contributed by atoms with van der Waals surface area (Å²) in [6.07, 6.45) is 0. The van der Waals surface area contributed by atoms with Gasteiger partial charge in [-0.2, -0.15) is 0 Å². The van der Waals surface area contributed by atoms with Crippen molar-refractivity contribution in [1.29, 1.82) is 0 Å². The summed E-state index contributed by atoms with van der Waals surface area (Å²) in [6.45, 7) is 3.95. The summed E-state index contributed by atoms with van der Waals surface area (Å²) < 4.78 is 5.69. The summed E-state index contributed by atoms with van der Waals surface area (Å²) >= 11 is 0. The number of amides is 1. The van der Waals surface area contributed by atoms with Crippen molar-refractivity contribution in [3.63, 3.8) is 0 Å². The Kier molecular flexibility index (Phi) is 5.14. The van der Waals surface area contributed by atoms with Crippen molar-refractivity contribution in [2.24, 2.45) is 0 Å². The van der Waals surface area contributed by atoms with Crippen LogP contribution in [-0.4, -0.2) is 12.5 Å². The molecule has 1 N–H and O–H groups in total. The Morgan fingerprint density at radius 1 is 0.920 bits per heavy atom. The number of carbonyl (C=O) groups is 1. The largest absolute Gasteiger partial charge is 0.483 e. The van der Waals surface area contributed by atoms with Gasteiger partial charge in [-0.15, -0.1) is 0 Å². The quantitative estimate of drug-likeness (QED) is 0.715. The number of hydrogen-bond donors (Lipinski definition) is 1. The molecule has 0 spiro atoms. The van der Waals surface area contributed by atoms with E-state index in [0.717, 1.165) is 33.7 Å². The van der Waals surface area contributed by atoms with Crippen LogP contribution < -0.4 is 10.1 Å². The molecule has 0 aromatic heterocycles. The fourth-order valence-corrected chi connectivity index (χ4v) is 2.65. The van der Waals surface area contributed by atoms with Gasteiger partial charge in [0.2, 0.25) is 0 Å². The lowest BCUT2D eigenvalue weighted by Gasteiger charge is -2.13. The summed E-state index contributed by atoms with van der Waals surface area (Å²) in [7, 11) is 0. The minimum atomic E-state index is -0.177. The van der Waals surface area contributed by atoms with Crippen LogP contribution in [0.2, 0.25) is 0 Å². The Morgan fingerprint density at radius 2 is 1.64 bits per heavy atom. The molecular formula is C22H21NO2. The molecule has 0 aliphatic carbocycles. The Balaban J connectivity index is 1.71. The van der Waals surface area contributed by atoms with Crippen LogP contribution in [0, 0.1) is 13.8 Å². The molecule has 0 aliphatic heterocycles. The molecule has 3 aromatic rings. The van der Waals surface area contributed by atoms with E-state index >= 15 is 0 Å². The number of carbonyl (C=O) groups excluding carboxylic acids is 1. The Labute approximate surface area is 148 Å². The predicted molar refractivity (Wildman–Crippen MR) is 102 cm³/mol. The Bertz CT molecular complexity index is 872. The highest BCUT2D eigenvalue weighted by molar-refractivity contribution is 5.96. The molecule has 0 saturated heterocycles. The van der Waals surface area contributed by atoms with Gasteiger partial charge in [-0.25, -0.2) is 0 Å². The third-order valence-electron chi connectivity index (χ3n) is 3.99. The third-order valence-corrected chi connectivity index (χ3v) is 3.99.